The van der Waals surface area contributed by atoms with Crippen molar-refractivity contribution in [1.82, 2.24) is 9.78 Å². The molecule has 1 aromatic heterocycles. The smallest absolute Gasteiger partial charge is 0.363 e. The molecular weight excluding hydrogens is 417 g/mol. The van der Waals surface area contributed by atoms with Gasteiger partial charge in [-0.1, -0.05) is 48.0 Å². The summed E-state index contributed by atoms with van der Waals surface area (Å²) in [5, 5.41) is 10.2. The predicted molar refractivity (Wildman–Crippen MR) is 109 cm³/mol. The van der Waals surface area contributed by atoms with Crippen LogP contribution in [0.3, 0.4) is 0 Å². The first-order valence-electron chi connectivity index (χ1n) is 9.28. The predicted octanol–water partition coefficient (Wildman–Crippen LogP) is 5.76. The lowest BCUT2D eigenvalue weighted by Gasteiger charge is -2.33. The van der Waals surface area contributed by atoms with Gasteiger partial charge in [0.1, 0.15) is 5.82 Å². The van der Waals surface area contributed by atoms with Gasteiger partial charge in [-0.3, -0.25) is 4.79 Å². The van der Waals surface area contributed by atoms with Crippen LogP contribution in [0.2, 0.25) is 5.02 Å². The van der Waals surface area contributed by atoms with Gasteiger partial charge in [0.25, 0.3) is 5.91 Å². The number of aromatic nitrogens is 2. The van der Waals surface area contributed by atoms with Gasteiger partial charge in [-0.25, -0.2) is 4.68 Å². The monoisotopic (exact) mass is 434 g/mol. The highest BCUT2D eigenvalue weighted by atomic mass is 35.5. The van der Waals surface area contributed by atoms with Crippen LogP contribution >= 0.6 is 11.6 Å². The first-order valence-corrected chi connectivity index (χ1v) is 9.66. The van der Waals surface area contributed by atoms with Crippen molar-refractivity contribution in [3.05, 3.63) is 76.4 Å². The number of halogens is 4. The number of alkyl halides is 3. The van der Waals surface area contributed by atoms with E-state index in [1.165, 1.54) is 6.07 Å². The highest BCUT2D eigenvalue weighted by Crippen LogP contribution is 2.43. The number of anilines is 2. The molecule has 0 aliphatic carbocycles. The molecule has 156 valence electrons. The normalized spacial score (nSPS) is 18.4. The summed E-state index contributed by atoms with van der Waals surface area (Å²) in [6.45, 7) is 1.74. The van der Waals surface area contributed by atoms with Crippen molar-refractivity contribution in [2.24, 2.45) is 0 Å². The van der Waals surface area contributed by atoms with E-state index in [9.17, 15) is 18.0 Å². The molecule has 2 atom stereocenters. The van der Waals surface area contributed by atoms with E-state index < -0.39 is 24.2 Å². The summed E-state index contributed by atoms with van der Waals surface area (Å²) in [7, 11) is 0. The molecule has 2 aromatic carbocycles. The fourth-order valence-corrected chi connectivity index (χ4v) is 3.69. The quantitative estimate of drug-likeness (QED) is 0.551. The highest BCUT2D eigenvalue weighted by Gasteiger charge is 2.46. The number of nitrogens with zero attached hydrogens (tertiary/aromatic N) is 2. The molecule has 0 saturated heterocycles. The molecule has 1 aliphatic rings. The minimum absolute atomic E-state index is 0.111. The van der Waals surface area contributed by atoms with Crippen LogP contribution in [0.1, 0.15) is 40.1 Å². The van der Waals surface area contributed by atoms with Crippen molar-refractivity contribution < 1.29 is 18.0 Å². The van der Waals surface area contributed by atoms with Crippen molar-refractivity contribution in [3.63, 3.8) is 0 Å². The van der Waals surface area contributed by atoms with Gasteiger partial charge in [0.15, 0.2) is 11.7 Å². The lowest BCUT2D eigenvalue weighted by molar-refractivity contribution is -0.173. The van der Waals surface area contributed by atoms with Crippen LogP contribution in [0.5, 0.6) is 0 Å². The van der Waals surface area contributed by atoms with E-state index in [2.05, 4.69) is 15.7 Å². The number of amides is 1. The molecule has 1 aliphatic heterocycles. The number of carbonyl (C=O) groups is 1. The van der Waals surface area contributed by atoms with Gasteiger partial charge in [-0.05, 0) is 30.2 Å². The Morgan fingerprint density at radius 3 is 2.63 bits per heavy atom. The summed E-state index contributed by atoms with van der Waals surface area (Å²) in [5.74, 6) is -0.466. The molecule has 5 nitrogen and oxygen atoms in total. The maximum absolute atomic E-state index is 13.8. The Bertz CT molecular complexity index is 1080. The molecule has 0 spiro atoms. The van der Waals surface area contributed by atoms with Crippen LogP contribution in [0.15, 0.2) is 54.6 Å². The van der Waals surface area contributed by atoms with Gasteiger partial charge in [0.2, 0.25) is 0 Å². The van der Waals surface area contributed by atoms with Gasteiger partial charge in [-0.2, -0.15) is 18.3 Å². The Labute approximate surface area is 175 Å². The van der Waals surface area contributed by atoms with Crippen LogP contribution in [0.4, 0.5) is 24.7 Å². The average molecular weight is 435 g/mol. The second-order valence-electron chi connectivity index (χ2n) is 7.13. The second kappa shape index (κ2) is 7.68. The summed E-state index contributed by atoms with van der Waals surface area (Å²) in [4.78, 5) is 12.7. The maximum atomic E-state index is 13.8. The number of hydrogen-bond donors (Lipinski definition) is 2. The topological polar surface area (TPSA) is 59.0 Å². The SMILES string of the molecule is Cc1c(Cl)cccc1NC(=O)c1cc2n(n1)[C@@H](C(F)(F)F)C[C@@H](c1ccccc1)N2. The molecule has 2 N–H and O–H groups in total. The summed E-state index contributed by atoms with van der Waals surface area (Å²) in [5.41, 5.74) is 1.76. The molecular formula is C21H18ClF3N4O. The first-order chi connectivity index (χ1) is 14.2. The Balaban J connectivity index is 1.65. The van der Waals surface area contributed by atoms with Crippen LogP contribution < -0.4 is 10.6 Å². The van der Waals surface area contributed by atoms with Crippen molar-refractivity contribution >= 4 is 29.0 Å². The molecule has 2 heterocycles. The third-order valence-corrected chi connectivity index (χ3v) is 5.55. The molecule has 0 fully saturated rings. The third-order valence-electron chi connectivity index (χ3n) is 5.14. The van der Waals surface area contributed by atoms with Crippen LogP contribution in [-0.2, 0) is 0 Å². The van der Waals surface area contributed by atoms with Gasteiger partial charge in [0, 0.05) is 23.2 Å². The van der Waals surface area contributed by atoms with E-state index in [1.54, 1.807) is 55.5 Å². The molecule has 0 saturated carbocycles. The fourth-order valence-electron chi connectivity index (χ4n) is 3.52. The Hall–Kier alpha value is -3.00. The Kier molecular flexibility index (Phi) is 5.19. The Morgan fingerprint density at radius 1 is 1.20 bits per heavy atom. The highest BCUT2D eigenvalue weighted by molar-refractivity contribution is 6.31. The minimum atomic E-state index is -4.51. The number of benzene rings is 2. The first kappa shape index (κ1) is 20.3. The van der Waals surface area contributed by atoms with Crippen molar-refractivity contribution in [2.75, 3.05) is 10.6 Å². The molecule has 0 bridgehead atoms. The zero-order valence-electron chi connectivity index (χ0n) is 15.9. The van der Waals surface area contributed by atoms with Crippen LogP contribution in [0, 0.1) is 6.92 Å². The van der Waals surface area contributed by atoms with Gasteiger partial charge < -0.3 is 10.6 Å². The summed E-state index contributed by atoms with van der Waals surface area (Å²) >= 11 is 6.06. The van der Waals surface area contributed by atoms with Gasteiger partial charge >= 0.3 is 6.18 Å². The number of hydrogen-bond acceptors (Lipinski definition) is 3. The molecule has 1 amide bonds. The average Bonchev–Trinajstić information content (AvgIpc) is 3.15. The van der Waals surface area contributed by atoms with Gasteiger partial charge in [0.05, 0.1) is 6.04 Å². The number of rotatable bonds is 3. The van der Waals surface area contributed by atoms with Crippen molar-refractivity contribution in [1.29, 1.82) is 0 Å². The zero-order chi connectivity index (χ0) is 21.5. The van der Waals surface area contributed by atoms with E-state index in [-0.39, 0.29) is 17.9 Å². The second-order valence-corrected chi connectivity index (χ2v) is 7.53. The summed E-state index contributed by atoms with van der Waals surface area (Å²) in [6.07, 6.45) is -4.73. The van der Waals surface area contributed by atoms with Crippen LogP contribution in [0.25, 0.3) is 0 Å². The van der Waals surface area contributed by atoms with Crippen molar-refractivity contribution in [2.45, 2.75) is 31.6 Å². The van der Waals surface area contributed by atoms with E-state index >= 15 is 0 Å². The lowest BCUT2D eigenvalue weighted by atomic mass is 9.97. The van der Waals surface area contributed by atoms with E-state index in [1.807, 2.05) is 0 Å². The summed E-state index contributed by atoms with van der Waals surface area (Å²) in [6, 6.07) is 12.9. The molecule has 0 radical (unpaired) electrons. The maximum Gasteiger partial charge on any atom is 0.410 e. The number of carbonyl (C=O) groups excluding carboxylic acids is 1. The Morgan fingerprint density at radius 2 is 1.93 bits per heavy atom. The zero-order valence-corrected chi connectivity index (χ0v) is 16.6. The third kappa shape index (κ3) is 3.87. The van der Waals surface area contributed by atoms with Crippen molar-refractivity contribution in [3.8, 4) is 0 Å². The summed E-state index contributed by atoms with van der Waals surface area (Å²) < 4.78 is 42.1. The molecule has 0 unspecified atom stereocenters. The van der Waals surface area contributed by atoms with Gasteiger partial charge in [-0.15, -0.1) is 0 Å². The van der Waals surface area contributed by atoms with E-state index in [0.717, 1.165) is 10.2 Å². The molecule has 9 heteroatoms. The standard InChI is InChI=1S/C21H18ClF3N4O/c1-12-14(22)8-5-9-15(12)27-20(30)17-11-19-26-16(13-6-3-2-4-7-13)10-18(21(23,24)25)29(19)28-17/h2-9,11,16,18,26H,10H2,1H3,(H,27,30)/t16-,18+/m0/s1. The lowest BCUT2D eigenvalue weighted by Crippen LogP contribution is -2.35. The van der Waals surface area contributed by atoms with E-state index in [4.69, 9.17) is 11.6 Å². The number of nitrogens with one attached hydrogen (secondary N) is 2. The minimum Gasteiger partial charge on any atom is -0.363 e. The van der Waals surface area contributed by atoms with E-state index in [0.29, 0.717) is 16.3 Å². The molecule has 30 heavy (non-hydrogen) atoms. The molecule has 4 rings (SSSR count). The fraction of sp³-hybridized carbons (Fsp3) is 0.238. The number of fused-ring (bicyclic) bond motifs is 1. The van der Waals surface area contributed by atoms with Crippen LogP contribution in [-0.4, -0.2) is 21.9 Å². The molecule has 3 aromatic rings. The largest absolute Gasteiger partial charge is 0.410 e.